The highest BCUT2D eigenvalue weighted by Crippen LogP contribution is 2.28. The summed E-state index contributed by atoms with van der Waals surface area (Å²) in [5.41, 5.74) is 1.16. The molecule has 1 aromatic rings. The van der Waals surface area contributed by atoms with Gasteiger partial charge in [-0.1, -0.05) is 33.8 Å². The minimum atomic E-state index is -0.512. The average molecular weight is 338 g/mol. The lowest BCUT2D eigenvalue weighted by Gasteiger charge is -2.22. The molecule has 5 heteroatoms. The number of hydrogen-bond donors (Lipinski definition) is 2. The van der Waals surface area contributed by atoms with Crippen LogP contribution in [0.25, 0.3) is 0 Å². The van der Waals surface area contributed by atoms with E-state index < -0.39 is 6.10 Å². The van der Waals surface area contributed by atoms with Crippen LogP contribution >= 0.6 is 0 Å². The fourth-order valence-electron chi connectivity index (χ4n) is 2.46. The van der Waals surface area contributed by atoms with Crippen molar-refractivity contribution in [3.05, 3.63) is 23.8 Å². The summed E-state index contributed by atoms with van der Waals surface area (Å²) in [5, 5.41) is 13.5. The smallest absolute Gasteiger partial charge is 0.161 e. The van der Waals surface area contributed by atoms with Crippen molar-refractivity contribution in [2.75, 3.05) is 39.9 Å². The third-order valence-electron chi connectivity index (χ3n) is 3.90. The van der Waals surface area contributed by atoms with E-state index in [-0.39, 0.29) is 6.61 Å². The molecule has 0 aromatic heterocycles. The van der Waals surface area contributed by atoms with Crippen LogP contribution in [0.2, 0.25) is 0 Å². The summed E-state index contributed by atoms with van der Waals surface area (Å²) in [7, 11) is 1.64. The molecule has 0 saturated heterocycles. The zero-order chi connectivity index (χ0) is 17.9. The van der Waals surface area contributed by atoms with E-state index >= 15 is 0 Å². The molecule has 0 fully saturated rings. The van der Waals surface area contributed by atoms with Crippen LogP contribution < -0.4 is 14.8 Å². The predicted molar refractivity (Wildman–Crippen MR) is 98.8 cm³/mol. The lowest BCUT2D eigenvalue weighted by Crippen LogP contribution is -2.35. The van der Waals surface area contributed by atoms with Gasteiger partial charge in [0.2, 0.25) is 0 Å². The van der Waals surface area contributed by atoms with E-state index in [1.807, 2.05) is 18.2 Å². The van der Waals surface area contributed by atoms with Crippen molar-refractivity contribution in [1.29, 1.82) is 0 Å². The molecule has 0 aliphatic carbocycles. The van der Waals surface area contributed by atoms with Crippen molar-refractivity contribution in [2.24, 2.45) is 5.92 Å². The molecule has 1 rings (SSSR count). The molecule has 0 radical (unpaired) electrons. The molecule has 0 heterocycles. The number of hydrogen-bond acceptors (Lipinski definition) is 5. The fraction of sp³-hybridized carbons (Fsp3) is 0.684. The second-order valence-electron chi connectivity index (χ2n) is 6.46. The van der Waals surface area contributed by atoms with E-state index in [9.17, 15) is 5.11 Å². The Bertz CT molecular complexity index is 462. The molecule has 24 heavy (non-hydrogen) atoms. The van der Waals surface area contributed by atoms with Gasteiger partial charge in [-0.3, -0.25) is 0 Å². The molecule has 1 atom stereocenters. The Morgan fingerprint density at radius 2 is 1.88 bits per heavy atom. The topological polar surface area (TPSA) is 54.0 Å². The quantitative estimate of drug-likeness (QED) is 0.613. The summed E-state index contributed by atoms with van der Waals surface area (Å²) in [6.45, 7) is 13.1. The Balaban J connectivity index is 2.55. The molecule has 0 aliphatic heterocycles. The molecule has 0 amide bonds. The van der Waals surface area contributed by atoms with Crippen LogP contribution in [0.4, 0.5) is 0 Å². The Labute approximate surface area is 147 Å². The minimum absolute atomic E-state index is 0.262. The van der Waals surface area contributed by atoms with Gasteiger partial charge in [0.25, 0.3) is 0 Å². The molecular weight excluding hydrogens is 304 g/mol. The lowest BCUT2D eigenvalue weighted by atomic mass is 10.2. The van der Waals surface area contributed by atoms with Gasteiger partial charge >= 0.3 is 0 Å². The second-order valence-corrected chi connectivity index (χ2v) is 6.46. The molecule has 1 unspecified atom stereocenters. The van der Waals surface area contributed by atoms with Crippen LogP contribution in [-0.4, -0.2) is 56.0 Å². The number of aliphatic hydroxyl groups excluding tert-OH is 1. The number of aliphatic hydroxyl groups is 1. The normalized spacial score (nSPS) is 12.7. The Morgan fingerprint density at radius 3 is 2.46 bits per heavy atom. The molecule has 138 valence electrons. The highest BCUT2D eigenvalue weighted by molar-refractivity contribution is 5.43. The molecule has 0 saturated carbocycles. The first kappa shape index (κ1) is 20.7. The Hall–Kier alpha value is -1.30. The number of rotatable bonds is 12. The van der Waals surface area contributed by atoms with E-state index in [2.05, 4.69) is 37.9 Å². The van der Waals surface area contributed by atoms with Crippen LogP contribution in [0.1, 0.15) is 33.3 Å². The van der Waals surface area contributed by atoms with Crippen molar-refractivity contribution >= 4 is 0 Å². The van der Waals surface area contributed by atoms with Gasteiger partial charge in [0.1, 0.15) is 12.7 Å². The first-order valence-corrected chi connectivity index (χ1v) is 8.90. The summed E-state index contributed by atoms with van der Waals surface area (Å²) in [6.07, 6.45) is -0.512. The number of likely N-dealkylation sites (N-methyl/N-ethyl adjacent to an activating group) is 1. The van der Waals surface area contributed by atoms with Crippen LogP contribution in [0.3, 0.4) is 0 Å². The van der Waals surface area contributed by atoms with Crippen LogP contribution in [0.5, 0.6) is 11.5 Å². The summed E-state index contributed by atoms with van der Waals surface area (Å²) in [5.74, 6) is 2.00. The minimum Gasteiger partial charge on any atom is -0.493 e. The number of benzene rings is 1. The van der Waals surface area contributed by atoms with Crippen molar-refractivity contribution < 1.29 is 14.6 Å². The maximum atomic E-state index is 10.1. The van der Waals surface area contributed by atoms with Crippen LogP contribution in [-0.2, 0) is 6.54 Å². The van der Waals surface area contributed by atoms with Gasteiger partial charge in [0.15, 0.2) is 11.5 Å². The van der Waals surface area contributed by atoms with E-state index in [1.165, 1.54) is 0 Å². The monoisotopic (exact) mass is 338 g/mol. The highest BCUT2D eigenvalue weighted by Gasteiger charge is 2.12. The van der Waals surface area contributed by atoms with Crippen LogP contribution in [0.15, 0.2) is 18.2 Å². The molecule has 0 bridgehead atoms. The van der Waals surface area contributed by atoms with E-state index in [0.717, 1.165) is 31.7 Å². The molecule has 2 N–H and O–H groups in total. The largest absolute Gasteiger partial charge is 0.493 e. The van der Waals surface area contributed by atoms with Crippen LogP contribution in [0, 0.1) is 5.92 Å². The molecule has 5 nitrogen and oxygen atoms in total. The van der Waals surface area contributed by atoms with E-state index in [1.54, 1.807) is 7.11 Å². The first-order chi connectivity index (χ1) is 11.5. The van der Waals surface area contributed by atoms with Gasteiger partial charge in [0, 0.05) is 13.1 Å². The number of ether oxygens (including phenoxy) is 2. The average Bonchev–Trinajstić information content (AvgIpc) is 2.57. The second kappa shape index (κ2) is 11.3. The number of nitrogens with one attached hydrogen (secondary N) is 1. The van der Waals surface area contributed by atoms with Gasteiger partial charge in [-0.15, -0.1) is 0 Å². The van der Waals surface area contributed by atoms with Gasteiger partial charge in [-0.2, -0.15) is 0 Å². The van der Waals surface area contributed by atoms with Crippen molar-refractivity contribution in [1.82, 2.24) is 10.2 Å². The maximum absolute atomic E-state index is 10.1. The summed E-state index contributed by atoms with van der Waals surface area (Å²) in [4.78, 5) is 2.18. The standard InChI is InChI=1S/C19H34N2O3/c1-6-21(7-2)13-17(22)14-24-18-9-8-16(10-19(18)23-5)12-20-11-15(3)4/h8-10,15,17,20,22H,6-7,11-14H2,1-5H3. The highest BCUT2D eigenvalue weighted by atomic mass is 16.5. The Kier molecular flexibility index (Phi) is 9.76. The summed E-state index contributed by atoms with van der Waals surface area (Å²) in [6, 6.07) is 5.93. The zero-order valence-corrected chi connectivity index (χ0v) is 15.8. The summed E-state index contributed by atoms with van der Waals surface area (Å²) >= 11 is 0. The van der Waals surface area contributed by atoms with Crippen molar-refractivity contribution in [3.63, 3.8) is 0 Å². The van der Waals surface area contributed by atoms with Gasteiger partial charge in [-0.05, 0) is 43.2 Å². The molecule has 0 aliphatic rings. The van der Waals surface area contributed by atoms with Gasteiger partial charge in [0.05, 0.1) is 7.11 Å². The Morgan fingerprint density at radius 1 is 1.17 bits per heavy atom. The molecule has 0 spiro atoms. The molecule has 1 aromatic carbocycles. The maximum Gasteiger partial charge on any atom is 0.161 e. The lowest BCUT2D eigenvalue weighted by molar-refractivity contribution is 0.0705. The summed E-state index contributed by atoms with van der Waals surface area (Å²) < 4.78 is 11.2. The fourth-order valence-corrected chi connectivity index (χ4v) is 2.46. The third kappa shape index (κ3) is 7.51. The van der Waals surface area contributed by atoms with E-state index in [0.29, 0.717) is 24.0 Å². The third-order valence-corrected chi connectivity index (χ3v) is 3.90. The zero-order valence-electron chi connectivity index (χ0n) is 15.8. The molecular formula is C19H34N2O3. The van der Waals surface area contributed by atoms with Crippen molar-refractivity contribution in [2.45, 2.75) is 40.3 Å². The predicted octanol–water partition coefficient (Wildman–Crippen LogP) is 2.52. The van der Waals surface area contributed by atoms with Gasteiger partial charge < -0.3 is 24.8 Å². The SMILES string of the molecule is CCN(CC)CC(O)COc1ccc(CNCC(C)C)cc1OC. The van der Waals surface area contributed by atoms with Crippen molar-refractivity contribution in [3.8, 4) is 11.5 Å². The van der Waals surface area contributed by atoms with Gasteiger partial charge in [-0.25, -0.2) is 0 Å². The first-order valence-electron chi connectivity index (χ1n) is 8.90. The number of methoxy groups -OCH3 is 1. The number of nitrogens with zero attached hydrogens (tertiary/aromatic N) is 1. The van der Waals surface area contributed by atoms with E-state index in [4.69, 9.17) is 9.47 Å².